The highest BCUT2D eigenvalue weighted by atomic mass is 16.5. The van der Waals surface area contributed by atoms with E-state index in [1.807, 2.05) is 49.5 Å². The number of anilines is 3. The van der Waals surface area contributed by atoms with Gasteiger partial charge in [0.25, 0.3) is 0 Å². The second kappa shape index (κ2) is 7.68. The second-order valence-corrected chi connectivity index (χ2v) is 7.44. The van der Waals surface area contributed by atoms with Crippen molar-refractivity contribution in [3.63, 3.8) is 0 Å². The monoisotopic (exact) mass is 411 g/mol. The van der Waals surface area contributed by atoms with Crippen molar-refractivity contribution in [1.82, 2.24) is 15.0 Å². The molecule has 0 saturated carbocycles. The van der Waals surface area contributed by atoms with Gasteiger partial charge in [0, 0.05) is 48.2 Å². The number of fused-ring (bicyclic) bond motifs is 2. The summed E-state index contributed by atoms with van der Waals surface area (Å²) < 4.78 is 5.41. The highest BCUT2D eigenvalue weighted by Crippen LogP contribution is 2.33. The molecule has 1 aliphatic heterocycles. The Bertz CT molecular complexity index is 1290. The van der Waals surface area contributed by atoms with Gasteiger partial charge in [-0.15, -0.1) is 0 Å². The highest BCUT2D eigenvalue weighted by molar-refractivity contribution is 5.97. The van der Waals surface area contributed by atoms with Gasteiger partial charge in [-0.25, -0.2) is 9.97 Å². The normalized spacial score (nSPS) is 13.2. The molecular weight excluding hydrogens is 390 g/mol. The molecule has 4 aromatic rings. The standard InChI is InChI=1S/C24H21N5O2/c1-29-21-9-6-17(12-15(21)5-10-22(29)30)26-24-19-13-18(31-2)7-8-20(19)27-23(28-24)16-4-3-11-25-14-16/h3-4,6-9,11-14H,5,10H2,1-2H3,(H,26,27,28). The van der Waals surface area contributed by atoms with Crippen LogP contribution in [0, 0.1) is 0 Å². The summed E-state index contributed by atoms with van der Waals surface area (Å²) >= 11 is 0. The molecule has 1 aliphatic rings. The van der Waals surface area contributed by atoms with Gasteiger partial charge >= 0.3 is 0 Å². The number of nitrogens with one attached hydrogen (secondary N) is 1. The van der Waals surface area contributed by atoms with Crippen molar-refractivity contribution >= 4 is 34.0 Å². The summed E-state index contributed by atoms with van der Waals surface area (Å²) in [5.41, 5.74) is 4.64. The van der Waals surface area contributed by atoms with Crippen molar-refractivity contribution in [2.24, 2.45) is 0 Å². The summed E-state index contributed by atoms with van der Waals surface area (Å²) in [6.07, 6.45) is 4.72. The Morgan fingerprint density at radius 1 is 1.06 bits per heavy atom. The van der Waals surface area contributed by atoms with Crippen LogP contribution in [0.5, 0.6) is 5.75 Å². The van der Waals surface area contributed by atoms with Crippen molar-refractivity contribution in [3.8, 4) is 17.1 Å². The van der Waals surface area contributed by atoms with E-state index in [4.69, 9.17) is 14.7 Å². The van der Waals surface area contributed by atoms with Crippen LogP contribution in [-0.4, -0.2) is 35.0 Å². The molecule has 7 heteroatoms. The first-order chi connectivity index (χ1) is 15.1. The molecule has 1 N–H and O–H groups in total. The number of nitrogens with zero attached hydrogens (tertiary/aromatic N) is 4. The molecule has 154 valence electrons. The van der Waals surface area contributed by atoms with Crippen molar-refractivity contribution in [1.29, 1.82) is 0 Å². The smallest absolute Gasteiger partial charge is 0.227 e. The minimum Gasteiger partial charge on any atom is -0.497 e. The minimum atomic E-state index is 0.142. The highest BCUT2D eigenvalue weighted by Gasteiger charge is 2.21. The van der Waals surface area contributed by atoms with Crippen molar-refractivity contribution in [2.45, 2.75) is 12.8 Å². The second-order valence-electron chi connectivity index (χ2n) is 7.44. The Balaban J connectivity index is 1.60. The molecular formula is C24H21N5O2. The fourth-order valence-corrected chi connectivity index (χ4v) is 3.83. The Labute approximate surface area is 179 Å². The van der Waals surface area contributed by atoms with Crippen molar-refractivity contribution in [2.75, 3.05) is 24.4 Å². The topological polar surface area (TPSA) is 80.2 Å². The number of carbonyl (C=O) groups is 1. The van der Waals surface area contributed by atoms with Crippen LogP contribution in [0.15, 0.2) is 60.9 Å². The first-order valence-electron chi connectivity index (χ1n) is 10.0. The maximum Gasteiger partial charge on any atom is 0.227 e. The molecule has 0 spiro atoms. The minimum absolute atomic E-state index is 0.142. The van der Waals surface area contributed by atoms with E-state index in [9.17, 15) is 4.79 Å². The van der Waals surface area contributed by atoms with Crippen LogP contribution in [0.25, 0.3) is 22.3 Å². The number of aromatic nitrogens is 3. The third-order valence-corrected chi connectivity index (χ3v) is 5.51. The molecule has 1 amide bonds. The molecule has 0 aliphatic carbocycles. The van der Waals surface area contributed by atoms with E-state index >= 15 is 0 Å². The molecule has 0 unspecified atom stereocenters. The van der Waals surface area contributed by atoms with E-state index in [1.165, 1.54) is 0 Å². The van der Waals surface area contributed by atoms with Gasteiger partial charge in [-0.1, -0.05) is 0 Å². The number of hydrogen-bond acceptors (Lipinski definition) is 6. The van der Waals surface area contributed by atoms with E-state index in [2.05, 4.69) is 16.4 Å². The number of pyridine rings is 1. The lowest BCUT2D eigenvalue weighted by molar-refractivity contribution is -0.118. The van der Waals surface area contributed by atoms with Gasteiger partial charge < -0.3 is 15.0 Å². The van der Waals surface area contributed by atoms with Crippen LogP contribution >= 0.6 is 0 Å². The first kappa shape index (κ1) is 19.0. The van der Waals surface area contributed by atoms with Gasteiger partial charge in [0.2, 0.25) is 5.91 Å². The van der Waals surface area contributed by atoms with Crippen molar-refractivity contribution in [3.05, 3.63) is 66.5 Å². The number of aryl methyl sites for hydroxylation is 1. The van der Waals surface area contributed by atoms with Crippen LogP contribution in [0.1, 0.15) is 12.0 Å². The van der Waals surface area contributed by atoms with Crippen molar-refractivity contribution < 1.29 is 9.53 Å². The van der Waals surface area contributed by atoms with E-state index in [0.717, 1.165) is 45.6 Å². The zero-order valence-electron chi connectivity index (χ0n) is 17.3. The number of ether oxygens (including phenoxy) is 1. The molecule has 0 fully saturated rings. The fourth-order valence-electron chi connectivity index (χ4n) is 3.83. The summed E-state index contributed by atoms with van der Waals surface area (Å²) in [5.74, 6) is 2.15. The summed E-state index contributed by atoms with van der Waals surface area (Å²) in [4.78, 5) is 27.4. The van der Waals surface area contributed by atoms with E-state index in [-0.39, 0.29) is 5.91 Å². The van der Waals surface area contributed by atoms with Gasteiger partial charge in [-0.05, 0) is 60.5 Å². The molecule has 0 radical (unpaired) electrons. The first-order valence-corrected chi connectivity index (χ1v) is 10.0. The number of benzene rings is 2. The Morgan fingerprint density at radius 3 is 2.77 bits per heavy atom. The SMILES string of the molecule is COc1ccc2nc(-c3cccnc3)nc(Nc3ccc4c(c3)CCC(=O)N4C)c2c1. The molecule has 3 heterocycles. The van der Waals surface area contributed by atoms with E-state index in [1.54, 1.807) is 24.4 Å². The van der Waals surface area contributed by atoms with Crippen LogP contribution in [0.3, 0.4) is 0 Å². The Hall–Kier alpha value is -4.00. The quantitative estimate of drug-likeness (QED) is 0.538. The molecule has 5 rings (SSSR count). The van der Waals surface area contributed by atoms with Gasteiger partial charge in [0.15, 0.2) is 5.82 Å². The van der Waals surface area contributed by atoms with Crippen LogP contribution < -0.4 is 15.0 Å². The Morgan fingerprint density at radius 2 is 1.97 bits per heavy atom. The molecule has 2 aromatic carbocycles. The van der Waals surface area contributed by atoms with E-state index in [0.29, 0.717) is 18.1 Å². The number of carbonyl (C=O) groups excluding carboxylic acids is 1. The molecule has 0 bridgehead atoms. The fraction of sp³-hybridized carbons (Fsp3) is 0.167. The lowest BCUT2D eigenvalue weighted by Gasteiger charge is -2.26. The van der Waals surface area contributed by atoms with Crippen LogP contribution in [-0.2, 0) is 11.2 Å². The van der Waals surface area contributed by atoms with Gasteiger partial charge in [0.1, 0.15) is 11.6 Å². The molecule has 31 heavy (non-hydrogen) atoms. The average Bonchev–Trinajstić information content (AvgIpc) is 2.81. The number of rotatable bonds is 4. The van der Waals surface area contributed by atoms with Gasteiger partial charge in [-0.2, -0.15) is 0 Å². The molecule has 2 aromatic heterocycles. The third-order valence-electron chi connectivity index (χ3n) is 5.51. The lowest BCUT2D eigenvalue weighted by Crippen LogP contribution is -2.31. The van der Waals surface area contributed by atoms with Crippen LogP contribution in [0.2, 0.25) is 0 Å². The average molecular weight is 411 g/mol. The summed E-state index contributed by atoms with van der Waals surface area (Å²) in [7, 11) is 3.46. The molecule has 7 nitrogen and oxygen atoms in total. The lowest BCUT2D eigenvalue weighted by atomic mass is 10.0. The Kier molecular flexibility index (Phi) is 4.71. The maximum atomic E-state index is 12.0. The predicted octanol–water partition coefficient (Wildman–Crippen LogP) is 4.35. The number of amides is 1. The molecule has 0 saturated heterocycles. The summed E-state index contributed by atoms with van der Waals surface area (Å²) in [6.45, 7) is 0. The number of hydrogen-bond donors (Lipinski definition) is 1. The largest absolute Gasteiger partial charge is 0.497 e. The van der Waals surface area contributed by atoms with E-state index < -0.39 is 0 Å². The number of methoxy groups -OCH3 is 1. The predicted molar refractivity (Wildman–Crippen MR) is 121 cm³/mol. The van der Waals surface area contributed by atoms with Crippen LogP contribution in [0.4, 0.5) is 17.2 Å². The maximum absolute atomic E-state index is 12.0. The molecule has 0 atom stereocenters. The zero-order valence-corrected chi connectivity index (χ0v) is 17.3. The third kappa shape index (κ3) is 3.54. The summed E-state index contributed by atoms with van der Waals surface area (Å²) in [5, 5.41) is 4.31. The van der Waals surface area contributed by atoms with Gasteiger partial charge in [0.05, 0.1) is 12.6 Å². The zero-order chi connectivity index (χ0) is 21.4. The summed E-state index contributed by atoms with van der Waals surface area (Å²) in [6, 6.07) is 15.6. The van der Waals surface area contributed by atoms with Gasteiger partial charge in [-0.3, -0.25) is 9.78 Å².